The molecule has 2 aliphatic rings. The van der Waals surface area contributed by atoms with Crippen molar-refractivity contribution in [1.82, 2.24) is 30.2 Å². The predicted octanol–water partition coefficient (Wildman–Crippen LogP) is 3.25. The van der Waals surface area contributed by atoms with E-state index in [-0.39, 0.29) is 13.0 Å². The summed E-state index contributed by atoms with van der Waals surface area (Å²) in [6.45, 7) is 2.88. The topological polar surface area (TPSA) is 111 Å². The van der Waals surface area contributed by atoms with Crippen molar-refractivity contribution in [3.05, 3.63) is 65.7 Å². The van der Waals surface area contributed by atoms with Crippen LogP contribution in [0.25, 0.3) is 17.0 Å². The summed E-state index contributed by atoms with van der Waals surface area (Å²) in [6.07, 6.45) is 6.81. The number of nitrogens with zero attached hydrogens (tertiary/aromatic N) is 4. The first-order valence-corrected chi connectivity index (χ1v) is 13.9. The van der Waals surface area contributed by atoms with Crippen LogP contribution in [0.4, 0.5) is 0 Å². The van der Waals surface area contributed by atoms with Gasteiger partial charge in [-0.1, -0.05) is 49.9 Å². The fourth-order valence-electron chi connectivity index (χ4n) is 4.59. The van der Waals surface area contributed by atoms with Gasteiger partial charge in [0.15, 0.2) is 0 Å². The molecule has 2 aliphatic heterocycles. The minimum atomic E-state index is -3.15. The first kappa shape index (κ1) is 26.0. The first-order valence-electron chi connectivity index (χ1n) is 12.0. The van der Waals surface area contributed by atoms with Gasteiger partial charge in [0.05, 0.1) is 12.8 Å². The van der Waals surface area contributed by atoms with Crippen LogP contribution in [-0.2, 0) is 16.6 Å². The van der Waals surface area contributed by atoms with Gasteiger partial charge in [-0.3, -0.25) is 0 Å². The molecule has 2 N–H and O–H groups in total. The van der Waals surface area contributed by atoms with Crippen LogP contribution in [-0.4, -0.2) is 60.1 Å². The van der Waals surface area contributed by atoms with Crippen molar-refractivity contribution in [2.75, 3.05) is 25.9 Å². The molecule has 3 aromatic rings. The van der Waals surface area contributed by atoms with E-state index in [0.29, 0.717) is 25.3 Å². The van der Waals surface area contributed by atoms with E-state index in [9.17, 15) is 8.42 Å². The van der Waals surface area contributed by atoms with Gasteiger partial charge < -0.3 is 10.1 Å². The number of aromatic nitrogens is 4. The molecular weight excluding hydrogens is 476 g/mol. The number of sulfonamides is 1. The second kappa shape index (κ2) is 10.9. The number of para-hydroxylation sites is 1. The van der Waals surface area contributed by atoms with Crippen LogP contribution < -0.4 is 14.8 Å². The summed E-state index contributed by atoms with van der Waals surface area (Å²) in [7, 11) is -3.15. The summed E-state index contributed by atoms with van der Waals surface area (Å²) in [5.74, 6) is 1.51. The van der Waals surface area contributed by atoms with E-state index in [1.807, 2.05) is 24.3 Å². The van der Waals surface area contributed by atoms with Crippen LogP contribution in [0, 0.1) is 0 Å². The van der Waals surface area contributed by atoms with Gasteiger partial charge in [0.1, 0.15) is 11.4 Å². The molecule has 1 aromatic heterocycles. The smallest absolute Gasteiger partial charge is 0.208 e. The van der Waals surface area contributed by atoms with E-state index in [1.165, 1.54) is 5.57 Å². The van der Waals surface area contributed by atoms with Crippen molar-refractivity contribution in [2.45, 2.75) is 45.3 Å². The van der Waals surface area contributed by atoms with Crippen LogP contribution in [0.1, 0.15) is 44.2 Å². The zero-order valence-electron chi connectivity index (χ0n) is 19.8. The van der Waals surface area contributed by atoms with Gasteiger partial charge in [0.2, 0.25) is 15.8 Å². The Labute approximate surface area is 213 Å². The van der Waals surface area contributed by atoms with Gasteiger partial charge in [0, 0.05) is 30.5 Å². The third-order valence-corrected chi connectivity index (χ3v) is 7.13. The first-order chi connectivity index (χ1) is 16.9. The lowest BCUT2D eigenvalue weighted by Gasteiger charge is -2.40. The number of rotatable bonds is 8. The Hall–Kier alpha value is -3.08. The number of unbranched alkanes of at least 4 members (excludes halogenated alkanes) is 1. The molecule has 192 valence electrons. The molecule has 1 fully saturated rings. The van der Waals surface area contributed by atoms with Crippen LogP contribution in [0.15, 0.2) is 54.6 Å². The van der Waals surface area contributed by atoms with Crippen molar-refractivity contribution in [3.63, 3.8) is 0 Å². The Morgan fingerprint density at radius 1 is 1.06 bits per heavy atom. The minimum Gasteiger partial charge on any atom is -0.482 e. The van der Waals surface area contributed by atoms with E-state index >= 15 is 0 Å². The number of hydrogen-bond acceptors (Lipinski definition) is 7. The van der Waals surface area contributed by atoms with E-state index in [1.54, 1.807) is 4.80 Å². The molecule has 0 radical (unpaired) electrons. The lowest BCUT2D eigenvalue weighted by Crippen LogP contribution is -2.46. The zero-order valence-corrected chi connectivity index (χ0v) is 20.6. The fourth-order valence-corrected chi connectivity index (χ4v) is 5.11. The van der Waals surface area contributed by atoms with E-state index < -0.39 is 10.0 Å². The average molecular weight is 511 g/mol. The highest BCUT2D eigenvalue weighted by atomic mass is 32.2. The van der Waals surface area contributed by atoms with Crippen LogP contribution in [0.2, 0.25) is 0 Å². The highest BCUT2D eigenvalue weighted by Gasteiger charge is 2.36. The van der Waals surface area contributed by atoms with E-state index in [2.05, 4.69) is 55.8 Å². The zero-order chi connectivity index (χ0) is 24.3. The lowest BCUT2D eigenvalue weighted by atomic mass is 9.83. The highest BCUT2D eigenvalue weighted by Crippen LogP contribution is 2.42. The van der Waals surface area contributed by atoms with Crippen molar-refractivity contribution < 1.29 is 13.2 Å². The monoisotopic (exact) mass is 510 g/mol. The number of fused-ring (bicyclic) bond motifs is 1. The normalized spacial score (nSPS) is 16.5. The number of tetrazole rings is 1. The number of aryl methyl sites for hydroxylation is 1. The molecule has 10 heteroatoms. The molecule has 36 heavy (non-hydrogen) atoms. The maximum Gasteiger partial charge on any atom is 0.208 e. The van der Waals surface area contributed by atoms with Crippen LogP contribution in [0.5, 0.6) is 5.75 Å². The summed E-state index contributed by atoms with van der Waals surface area (Å²) in [5, 5.41) is 16.3. The van der Waals surface area contributed by atoms with Crippen molar-refractivity contribution >= 4 is 15.6 Å². The third-order valence-electron chi connectivity index (χ3n) is 6.40. The number of piperidine rings is 1. The Morgan fingerprint density at radius 2 is 1.78 bits per heavy atom. The van der Waals surface area contributed by atoms with Gasteiger partial charge >= 0.3 is 0 Å². The van der Waals surface area contributed by atoms with Crippen molar-refractivity contribution in [1.29, 1.82) is 0 Å². The van der Waals surface area contributed by atoms with Crippen LogP contribution >= 0.6 is 0 Å². The Balaban J connectivity index is 0.00000304. The minimum absolute atomic E-state index is 0. The summed E-state index contributed by atoms with van der Waals surface area (Å²) >= 11 is 0. The standard InChI is InChI=1S/C25H30N6O3S.CH4/c1-35(32,33)27-14-4-5-17-31-29-24(28-30-31)20-10-8-19(9-11-20)22-18-25(12-15-26-16-13-25)34-23-7-3-2-6-21(22)23;/h2-3,6-11,18,26-27H,4-5,12-17H2,1H3;1H4. The molecule has 0 bridgehead atoms. The molecule has 3 heterocycles. The molecule has 1 saturated heterocycles. The SMILES string of the molecule is C.CS(=O)(=O)NCCCCn1nnc(-c2ccc(C3=CC4(CCNCC4)Oc4ccccc43)cc2)n1. The summed E-state index contributed by atoms with van der Waals surface area (Å²) in [4.78, 5) is 1.56. The van der Waals surface area contributed by atoms with E-state index in [4.69, 9.17) is 4.74 Å². The second-order valence-electron chi connectivity index (χ2n) is 9.13. The highest BCUT2D eigenvalue weighted by molar-refractivity contribution is 7.88. The van der Waals surface area contributed by atoms with Gasteiger partial charge in [-0.15, -0.1) is 10.2 Å². The van der Waals surface area contributed by atoms with Crippen LogP contribution in [0.3, 0.4) is 0 Å². The van der Waals surface area contributed by atoms with E-state index in [0.717, 1.165) is 61.0 Å². The second-order valence-corrected chi connectivity index (χ2v) is 11.0. The molecular formula is C26H34N6O3S. The Bertz CT molecular complexity index is 1310. The molecule has 5 rings (SSSR count). The van der Waals surface area contributed by atoms with Crippen molar-refractivity contribution in [2.24, 2.45) is 0 Å². The molecule has 1 spiro atoms. The van der Waals surface area contributed by atoms with Gasteiger partial charge in [0.25, 0.3) is 0 Å². The maximum absolute atomic E-state index is 11.1. The fraction of sp³-hybridized carbons (Fsp3) is 0.423. The lowest BCUT2D eigenvalue weighted by molar-refractivity contribution is 0.0817. The molecule has 0 atom stereocenters. The quantitative estimate of drug-likeness (QED) is 0.448. The number of ether oxygens (including phenoxy) is 1. The Kier molecular flexibility index (Phi) is 7.87. The maximum atomic E-state index is 11.1. The number of benzene rings is 2. The molecule has 0 aliphatic carbocycles. The predicted molar refractivity (Wildman–Crippen MR) is 141 cm³/mol. The molecule has 0 amide bonds. The third kappa shape index (κ3) is 6.00. The molecule has 0 unspecified atom stereocenters. The largest absolute Gasteiger partial charge is 0.482 e. The average Bonchev–Trinajstić information content (AvgIpc) is 3.32. The van der Waals surface area contributed by atoms with Gasteiger partial charge in [-0.25, -0.2) is 13.1 Å². The number of hydrogen-bond donors (Lipinski definition) is 2. The molecule has 9 nitrogen and oxygen atoms in total. The summed E-state index contributed by atoms with van der Waals surface area (Å²) in [6, 6.07) is 16.5. The number of nitrogens with one attached hydrogen (secondary N) is 2. The van der Waals surface area contributed by atoms with Gasteiger partial charge in [-0.2, -0.15) is 4.80 Å². The summed E-state index contributed by atoms with van der Waals surface area (Å²) < 4.78 is 31.2. The van der Waals surface area contributed by atoms with Gasteiger partial charge in [-0.05, 0) is 54.4 Å². The van der Waals surface area contributed by atoms with Crippen molar-refractivity contribution in [3.8, 4) is 17.1 Å². The Morgan fingerprint density at radius 3 is 2.53 bits per heavy atom. The summed E-state index contributed by atoms with van der Waals surface area (Å²) in [5.41, 5.74) is 4.07. The molecule has 2 aromatic carbocycles. The molecule has 0 saturated carbocycles.